The number of thiophene rings is 1. The Morgan fingerprint density at radius 1 is 1.29 bits per heavy atom. The van der Waals surface area contributed by atoms with Crippen molar-refractivity contribution in [1.29, 1.82) is 0 Å². The number of hydrogen-bond acceptors (Lipinski definition) is 4. The smallest absolute Gasteiger partial charge is 0.429 e. The molecule has 2 heterocycles. The fourth-order valence-corrected chi connectivity index (χ4v) is 2.99. The monoisotopic (exact) mass is 310 g/mol. The Hall–Kier alpha value is -1.56. The summed E-state index contributed by atoms with van der Waals surface area (Å²) in [6, 6.07) is 1.95. The number of ether oxygens (including phenoxy) is 1. The Morgan fingerprint density at radius 3 is 2.52 bits per heavy atom. The Balaban J connectivity index is 2.08. The molecule has 0 bridgehead atoms. The first kappa shape index (κ1) is 15.8. The van der Waals surface area contributed by atoms with Crippen LogP contribution in [0.15, 0.2) is 16.8 Å². The standard InChI is InChI=1S/C15H22N2O3S/c1-11(12-6-9-21-10-12)13(18)16-7-5-8-17(16)14(19)20-15(2,3)4/h6,9-11H,5,7-8H2,1-4H3/t11-/m1/s1. The highest BCUT2D eigenvalue weighted by molar-refractivity contribution is 7.08. The summed E-state index contributed by atoms with van der Waals surface area (Å²) in [7, 11) is 0. The maximum atomic E-state index is 12.6. The number of carbonyl (C=O) groups excluding carboxylic acids is 2. The number of nitrogens with zero attached hydrogens (tertiary/aromatic N) is 2. The first-order valence-corrected chi connectivity index (χ1v) is 8.08. The van der Waals surface area contributed by atoms with E-state index >= 15 is 0 Å². The van der Waals surface area contributed by atoms with Crippen molar-refractivity contribution in [3.63, 3.8) is 0 Å². The SMILES string of the molecule is C[C@@H](C(=O)N1CCCN1C(=O)OC(C)(C)C)c1ccsc1. The highest BCUT2D eigenvalue weighted by Gasteiger charge is 2.35. The maximum Gasteiger partial charge on any atom is 0.429 e. The third-order valence-electron chi connectivity index (χ3n) is 3.30. The van der Waals surface area contributed by atoms with Crippen LogP contribution >= 0.6 is 11.3 Å². The van der Waals surface area contributed by atoms with Gasteiger partial charge in [-0.25, -0.2) is 14.8 Å². The van der Waals surface area contributed by atoms with Crippen molar-refractivity contribution in [3.8, 4) is 0 Å². The van der Waals surface area contributed by atoms with Crippen molar-refractivity contribution in [3.05, 3.63) is 22.4 Å². The van der Waals surface area contributed by atoms with E-state index in [4.69, 9.17) is 4.74 Å². The molecular weight excluding hydrogens is 288 g/mol. The van der Waals surface area contributed by atoms with Gasteiger partial charge in [-0.2, -0.15) is 11.3 Å². The quantitative estimate of drug-likeness (QED) is 0.842. The molecule has 1 atom stereocenters. The molecule has 0 saturated carbocycles. The van der Waals surface area contributed by atoms with Gasteiger partial charge < -0.3 is 4.74 Å². The minimum absolute atomic E-state index is 0.0586. The van der Waals surface area contributed by atoms with Crippen LogP contribution in [-0.4, -0.2) is 40.7 Å². The molecule has 0 aromatic carbocycles. The van der Waals surface area contributed by atoms with Crippen LogP contribution in [0, 0.1) is 0 Å². The van der Waals surface area contributed by atoms with Crippen LogP contribution in [0.25, 0.3) is 0 Å². The maximum absolute atomic E-state index is 12.6. The van der Waals surface area contributed by atoms with Crippen molar-refractivity contribution in [2.24, 2.45) is 0 Å². The van der Waals surface area contributed by atoms with Crippen molar-refractivity contribution >= 4 is 23.3 Å². The van der Waals surface area contributed by atoms with Gasteiger partial charge in [-0.15, -0.1) is 0 Å². The van der Waals surface area contributed by atoms with Crippen molar-refractivity contribution in [2.45, 2.75) is 45.6 Å². The van der Waals surface area contributed by atoms with E-state index in [1.807, 2.05) is 44.5 Å². The summed E-state index contributed by atoms with van der Waals surface area (Å²) >= 11 is 1.57. The summed E-state index contributed by atoms with van der Waals surface area (Å²) in [6.07, 6.45) is 0.326. The van der Waals surface area contributed by atoms with E-state index in [2.05, 4.69) is 0 Å². The van der Waals surface area contributed by atoms with E-state index < -0.39 is 11.7 Å². The molecule has 0 aliphatic carbocycles. The van der Waals surface area contributed by atoms with Crippen LogP contribution in [0.3, 0.4) is 0 Å². The number of rotatable bonds is 2. The fourth-order valence-electron chi connectivity index (χ4n) is 2.23. The second-order valence-electron chi connectivity index (χ2n) is 6.20. The summed E-state index contributed by atoms with van der Waals surface area (Å²) in [4.78, 5) is 24.8. The zero-order valence-corrected chi connectivity index (χ0v) is 13.8. The molecule has 0 unspecified atom stereocenters. The molecule has 6 heteroatoms. The van der Waals surface area contributed by atoms with E-state index in [-0.39, 0.29) is 11.8 Å². The van der Waals surface area contributed by atoms with Gasteiger partial charge in [0.1, 0.15) is 5.60 Å². The van der Waals surface area contributed by atoms with E-state index in [9.17, 15) is 9.59 Å². The lowest BCUT2D eigenvalue weighted by atomic mass is 10.0. The van der Waals surface area contributed by atoms with Crippen molar-refractivity contribution in [2.75, 3.05) is 13.1 Å². The lowest BCUT2D eigenvalue weighted by Gasteiger charge is -2.31. The normalized spacial score (nSPS) is 17.0. The van der Waals surface area contributed by atoms with Crippen LogP contribution in [0.2, 0.25) is 0 Å². The highest BCUT2D eigenvalue weighted by atomic mass is 32.1. The van der Waals surface area contributed by atoms with E-state index in [0.717, 1.165) is 12.0 Å². The Bertz CT molecular complexity index is 507. The predicted octanol–water partition coefficient (Wildman–Crippen LogP) is 3.24. The number of amides is 2. The topological polar surface area (TPSA) is 49.9 Å². The largest absolute Gasteiger partial charge is 0.442 e. The molecule has 0 N–H and O–H groups in total. The van der Waals surface area contributed by atoms with Gasteiger partial charge in [0.2, 0.25) is 5.91 Å². The summed E-state index contributed by atoms with van der Waals surface area (Å²) in [6.45, 7) is 8.42. The van der Waals surface area contributed by atoms with Crippen molar-refractivity contribution in [1.82, 2.24) is 10.0 Å². The van der Waals surface area contributed by atoms with E-state index in [1.54, 1.807) is 11.3 Å². The van der Waals surface area contributed by atoms with Gasteiger partial charge in [0.25, 0.3) is 0 Å². The molecule has 1 aliphatic rings. The molecule has 116 valence electrons. The Labute approximate surface area is 129 Å². The zero-order valence-electron chi connectivity index (χ0n) is 13.0. The van der Waals surface area contributed by atoms with Crippen LogP contribution < -0.4 is 0 Å². The molecular formula is C15H22N2O3S. The predicted molar refractivity (Wildman–Crippen MR) is 82.0 cm³/mol. The average Bonchev–Trinajstić information content (AvgIpc) is 3.05. The number of hydrazine groups is 1. The van der Waals surface area contributed by atoms with Crippen LogP contribution in [-0.2, 0) is 9.53 Å². The summed E-state index contributed by atoms with van der Waals surface area (Å²) in [5, 5.41) is 6.87. The minimum atomic E-state index is -0.562. The molecule has 1 aromatic heterocycles. The van der Waals surface area contributed by atoms with Gasteiger partial charge in [-0.1, -0.05) is 0 Å². The molecule has 5 nitrogen and oxygen atoms in total. The zero-order chi connectivity index (χ0) is 15.6. The van der Waals surface area contributed by atoms with E-state index in [1.165, 1.54) is 10.0 Å². The summed E-state index contributed by atoms with van der Waals surface area (Å²) in [5.74, 6) is -0.309. The molecule has 1 aliphatic heterocycles. The van der Waals surface area contributed by atoms with E-state index in [0.29, 0.717) is 13.1 Å². The summed E-state index contributed by atoms with van der Waals surface area (Å²) < 4.78 is 5.37. The first-order chi connectivity index (χ1) is 9.79. The van der Waals surface area contributed by atoms with Gasteiger partial charge in [-0.05, 0) is 56.5 Å². The average molecular weight is 310 g/mol. The summed E-state index contributed by atoms with van der Waals surface area (Å²) in [5.41, 5.74) is 0.425. The lowest BCUT2D eigenvalue weighted by Crippen LogP contribution is -2.48. The molecule has 0 spiro atoms. The molecule has 1 aromatic rings. The van der Waals surface area contributed by atoms with Gasteiger partial charge in [-0.3, -0.25) is 4.79 Å². The van der Waals surface area contributed by atoms with Gasteiger partial charge in [0.05, 0.1) is 5.92 Å². The third-order valence-corrected chi connectivity index (χ3v) is 4.00. The fraction of sp³-hybridized carbons (Fsp3) is 0.600. The molecule has 2 rings (SSSR count). The molecule has 1 fully saturated rings. The Morgan fingerprint density at radius 2 is 1.95 bits per heavy atom. The second-order valence-corrected chi connectivity index (χ2v) is 6.98. The molecule has 1 saturated heterocycles. The van der Waals surface area contributed by atoms with Crippen LogP contribution in [0.1, 0.15) is 45.6 Å². The molecule has 2 amide bonds. The first-order valence-electron chi connectivity index (χ1n) is 7.13. The number of carbonyl (C=O) groups is 2. The third kappa shape index (κ3) is 3.75. The van der Waals surface area contributed by atoms with Gasteiger partial charge >= 0.3 is 6.09 Å². The van der Waals surface area contributed by atoms with Gasteiger partial charge in [0.15, 0.2) is 0 Å². The minimum Gasteiger partial charge on any atom is -0.442 e. The van der Waals surface area contributed by atoms with Crippen LogP contribution in [0.5, 0.6) is 0 Å². The van der Waals surface area contributed by atoms with Crippen LogP contribution in [0.4, 0.5) is 4.79 Å². The Kier molecular flexibility index (Phi) is 4.56. The number of hydrogen-bond donors (Lipinski definition) is 0. The molecule has 0 radical (unpaired) electrons. The molecule has 21 heavy (non-hydrogen) atoms. The van der Waals surface area contributed by atoms with Crippen molar-refractivity contribution < 1.29 is 14.3 Å². The highest BCUT2D eigenvalue weighted by Crippen LogP contribution is 2.24. The second kappa shape index (κ2) is 6.05. The van der Waals surface area contributed by atoms with Gasteiger partial charge in [0, 0.05) is 13.1 Å². The lowest BCUT2D eigenvalue weighted by molar-refractivity contribution is -0.144.